The van der Waals surface area contributed by atoms with Gasteiger partial charge in [-0.1, -0.05) is 34.6 Å². The second-order valence-electron chi connectivity index (χ2n) is 10.7. The zero-order valence-corrected chi connectivity index (χ0v) is 19.9. The summed E-state index contributed by atoms with van der Waals surface area (Å²) in [5.74, 6) is 2.50. The van der Waals surface area contributed by atoms with Crippen LogP contribution in [-0.4, -0.2) is 66.8 Å². The molecule has 0 aromatic rings. The minimum atomic E-state index is -0.423. The molecule has 2 rings (SSSR count). The van der Waals surface area contributed by atoms with Gasteiger partial charge in [-0.05, 0) is 57.8 Å². The summed E-state index contributed by atoms with van der Waals surface area (Å²) in [7, 11) is 0. The molecule has 2 atom stereocenters. The number of nitrogens with zero attached hydrogens (tertiary/aromatic N) is 2. The van der Waals surface area contributed by atoms with Gasteiger partial charge in [0, 0.05) is 45.3 Å². The van der Waals surface area contributed by atoms with E-state index in [4.69, 9.17) is 4.74 Å². The Labute approximate surface area is 174 Å². The number of carbonyl (C=O) groups is 1. The van der Waals surface area contributed by atoms with Gasteiger partial charge in [0.25, 0.3) is 0 Å². The topological polar surface area (TPSA) is 44.8 Å². The van der Waals surface area contributed by atoms with Crippen LogP contribution >= 0.6 is 0 Å². The smallest absolute Gasteiger partial charge is 0.407 e. The summed E-state index contributed by atoms with van der Waals surface area (Å²) in [6.45, 7) is 23.9. The molecule has 2 saturated heterocycles. The summed E-state index contributed by atoms with van der Waals surface area (Å²) in [6, 6.07) is 0.256. The van der Waals surface area contributed by atoms with E-state index in [2.05, 4.69) is 49.7 Å². The molecule has 5 heteroatoms. The molecule has 2 aliphatic rings. The number of ether oxygens (including phenoxy) is 1. The third-order valence-electron chi connectivity index (χ3n) is 4.99. The molecule has 1 N–H and O–H groups in total. The Morgan fingerprint density at radius 1 is 1.00 bits per heavy atom. The van der Waals surface area contributed by atoms with E-state index in [1.54, 1.807) is 0 Å². The predicted octanol–water partition coefficient (Wildman–Crippen LogP) is 4.62. The molecule has 2 fully saturated rings. The van der Waals surface area contributed by atoms with Gasteiger partial charge in [-0.15, -0.1) is 0 Å². The van der Waals surface area contributed by atoms with Crippen LogP contribution in [0.5, 0.6) is 0 Å². The maximum atomic E-state index is 11.8. The lowest BCUT2D eigenvalue weighted by atomic mass is 9.92. The van der Waals surface area contributed by atoms with Crippen molar-refractivity contribution in [2.45, 2.75) is 86.3 Å². The second-order valence-corrected chi connectivity index (χ2v) is 10.7. The number of amides is 1. The first kappa shape index (κ1) is 25.2. The fourth-order valence-electron chi connectivity index (χ4n) is 4.03. The Balaban J connectivity index is 0.000000892. The van der Waals surface area contributed by atoms with Crippen molar-refractivity contribution in [3.05, 3.63) is 0 Å². The predicted molar refractivity (Wildman–Crippen MR) is 119 cm³/mol. The van der Waals surface area contributed by atoms with Gasteiger partial charge >= 0.3 is 6.09 Å². The molecule has 0 aromatic carbocycles. The van der Waals surface area contributed by atoms with E-state index >= 15 is 0 Å². The van der Waals surface area contributed by atoms with Crippen molar-refractivity contribution >= 4 is 6.09 Å². The van der Waals surface area contributed by atoms with Crippen LogP contribution in [0.2, 0.25) is 0 Å². The van der Waals surface area contributed by atoms with Crippen LogP contribution in [0, 0.1) is 17.8 Å². The molecular weight excluding hydrogens is 350 g/mol. The highest BCUT2D eigenvalue weighted by molar-refractivity contribution is 5.68. The van der Waals surface area contributed by atoms with Gasteiger partial charge in [0.2, 0.25) is 0 Å². The minimum Gasteiger partial charge on any atom is -0.444 e. The van der Waals surface area contributed by atoms with Crippen molar-refractivity contribution in [1.82, 2.24) is 15.1 Å². The summed E-state index contributed by atoms with van der Waals surface area (Å²) in [5.41, 5.74) is -0.423. The summed E-state index contributed by atoms with van der Waals surface area (Å²) in [4.78, 5) is 17.0. The maximum absolute atomic E-state index is 11.8. The Kier molecular flexibility index (Phi) is 10.8. The van der Waals surface area contributed by atoms with E-state index in [1.165, 1.54) is 26.1 Å². The van der Waals surface area contributed by atoms with Gasteiger partial charge in [-0.3, -0.25) is 0 Å². The fourth-order valence-corrected chi connectivity index (χ4v) is 4.03. The second kappa shape index (κ2) is 12.0. The quantitative estimate of drug-likeness (QED) is 0.752. The van der Waals surface area contributed by atoms with Gasteiger partial charge < -0.3 is 19.9 Å². The number of likely N-dealkylation sites (tertiary alicyclic amines) is 2. The summed E-state index contributed by atoms with van der Waals surface area (Å²) < 4.78 is 5.34. The number of piperidine rings is 2. The molecule has 0 aromatic heterocycles. The molecule has 5 nitrogen and oxygen atoms in total. The Morgan fingerprint density at radius 2 is 1.46 bits per heavy atom. The number of rotatable bonds is 4. The Hall–Kier alpha value is -0.810. The van der Waals surface area contributed by atoms with Crippen LogP contribution in [0.3, 0.4) is 0 Å². The van der Waals surface area contributed by atoms with Crippen molar-refractivity contribution in [1.29, 1.82) is 0 Å². The average Bonchev–Trinajstić information content (AvgIpc) is 2.51. The lowest BCUT2D eigenvalue weighted by molar-refractivity contribution is 0.0474. The highest BCUT2D eigenvalue weighted by atomic mass is 16.6. The third kappa shape index (κ3) is 11.9. The molecule has 1 amide bonds. The molecule has 0 aliphatic carbocycles. The number of nitrogens with one attached hydrogen (secondary N) is 1. The van der Waals surface area contributed by atoms with Crippen molar-refractivity contribution in [3.8, 4) is 0 Å². The highest BCUT2D eigenvalue weighted by Crippen LogP contribution is 2.21. The molecule has 0 spiro atoms. The van der Waals surface area contributed by atoms with Crippen LogP contribution in [-0.2, 0) is 4.74 Å². The van der Waals surface area contributed by atoms with Crippen LogP contribution in [0.1, 0.15) is 74.7 Å². The van der Waals surface area contributed by atoms with Crippen molar-refractivity contribution < 1.29 is 9.53 Å². The number of alkyl carbamates (subject to hydrolysis) is 1. The minimum absolute atomic E-state index is 0.256. The van der Waals surface area contributed by atoms with Crippen LogP contribution in [0.4, 0.5) is 4.79 Å². The zero-order chi connectivity index (χ0) is 21.3. The molecular formula is C23H47N3O2. The monoisotopic (exact) mass is 397 g/mol. The van der Waals surface area contributed by atoms with E-state index in [0.717, 1.165) is 50.2 Å². The lowest BCUT2D eigenvalue weighted by Crippen LogP contribution is -2.48. The van der Waals surface area contributed by atoms with Gasteiger partial charge in [0.15, 0.2) is 0 Å². The van der Waals surface area contributed by atoms with Gasteiger partial charge in [-0.25, -0.2) is 4.79 Å². The molecule has 2 unspecified atom stereocenters. The molecule has 28 heavy (non-hydrogen) atoms. The molecule has 0 radical (unpaired) electrons. The average molecular weight is 398 g/mol. The summed E-state index contributed by atoms with van der Waals surface area (Å²) >= 11 is 0. The number of carbonyl (C=O) groups excluding carboxylic acids is 1. The number of hydrogen-bond donors (Lipinski definition) is 1. The first-order valence-corrected chi connectivity index (χ1v) is 11.4. The van der Waals surface area contributed by atoms with Crippen LogP contribution in [0.15, 0.2) is 0 Å². The standard InChI is InChI=1S/C19H37N3O2.C4H10/c1-15-12-16(2)14-22(13-15)11-10-21-8-6-17(7-9-21)20-18(23)24-19(3,4)5;1-4(2)3/h15-17H,6-14H2,1-5H3,(H,20,23);4H,1-3H3. The highest BCUT2D eigenvalue weighted by Gasteiger charge is 2.25. The van der Waals surface area contributed by atoms with Gasteiger partial charge in [0.1, 0.15) is 5.60 Å². The molecule has 0 saturated carbocycles. The summed E-state index contributed by atoms with van der Waals surface area (Å²) in [5, 5.41) is 3.01. The van der Waals surface area contributed by atoms with E-state index in [1.807, 2.05) is 20.8 Å². The van der Waals surface area contributed by atoms with Crippen molar-refractivity contribution in [2.75, 3.05) is 39.3 Å². The normalized spacial score (nSPS) is 25.2. The first-order chi connectivity index (χ1) is 12.9. The Morgan fingerprint density at radius 3 is 1.93 bits per heavy atom. The third-order valence-corrected chi connectivity index (χ3v) is 4.99. The van der Waals surface area contributed by atoms with Gasteiger partial charge in [-0.2, -0.15) is 0 Å². The van der Waals surface area contributed by atoms with Crippen LogP contribution in [0.25, 0.3) is 0 Å². The van der Waals surface area contributed by atoms with E-state index in [0.29, 0.717) is 0 Å². The van der Waals surface area contributed by atoms with Crippen LogP contribution < -0.4 is 5.32 Å². The largest absolute Gasteiger partial charge is 0.444 e. The lowest BCUT2D eigenvalue weighted by Gasteiger charge is -2.38. The molecule has 166 valence electrons. The van der Waals surface area contributed by atoms with Crippen molar-refractivity contribution in [3.63, 3.8) is 0 Å². The van der Waals surface area contributed by atoms with Gasteiger partial charge in [0.05, 0.1) is 0 Å². The SMILES string of the molecule is CC(C)C.CC1CC(C)CN(CCN2CCC(NC(=O)OC(C)(C)C)CC2)C1. The maximum Gasteiger partial charge on any atom is 0.407 e. The van der Waals surface area contributed by atoms with E-state index < -0.39 is 5.60 Å². The molecule has 2 heterocycles. The van der Waals surface area contributed by atoms with E-state index in [9.17, 15) is 4.79 Å². The van der Waals surface area contributed by atoms with E-state index in [-0.39, 0.29) is 12.1 Å². The number of hydrogen-bond acceptors (Lipinski definition) is 4. The van der Waals surface area contributed by atoms with Crippen molar-refractivity contribution in [2.24, 2.45) is 17.8 Å². The fraction of sp³-hybridized carbons (Fsp3) is 0.957. The summed E-state index contributed by atoms with van der Waals surface area (Å²) in [6.07, 6.45) is 3.13. The first-order valence-electron chi connectivity index (χ1n) is 11.4. The zero-order valence-electron chi connectivity index (χ0n) is 19.9. The molecule has 2 aliphatic heterocycles. The Bertz CT molecular complexity index is 427. The molecule has 0 bridgehead atoms.